The Morgan fingerprint density at radius 2 is 1.55 bits per heavy atom. The first-order chi connectivity index (χ1) is 14.8. The highest BCUT2D eigenvalue weighted by Gasteiger charge is 2.21. The Morgan fingerprint density at radius 3 is 2.16 bits per heavy atom. The Kier molecular flexibility index (Phi) is 7.69. The van der Waals surface area contributed by atoms with Gasteiger partial charge in [-0.3, -0.25) is 14.0 Å². The van der Waals surface area contributed by atoms with Crippen LogP contribution in [0, 0.1) is 0 Å². The number of anilines is 1. The van der Waals surface area contributed by atoms with E-state index in [1.54, 1.807) is 24.3 Å². The van der Waals surface area contributed by atoms with Crippen molar-refractivity contribution in [2.45, 2.75) is 32.4 Å². The van der Waals surface area contributed by atoms with Gasteiger partial charge in [0.15, 0.2) is 0 Å². The molecule has 1 amide bonds. The molecular formula is C23H32N4O3S. The molecular weight excluding hydrogens is 412 g/mol. The van der Waals surface area contributed by atoms with Gasteiger partial charge in [0, 0.05) is 39.8 Å². The molecule has 1 heterocycles. The summed E-state index contributed by atoms with van der Waals surface area (Å²) in [6, 6.07) is 14.8. The van der Waals surface area contributed by atoms with Crippen molar-refractivity contribution in [1.82, 2.24) is 14.5 Å². The minimum atomic E-state index is -3.56. The van der Waals surface area contributed by atoms with Crippen LogP contribution in [0.25, 0.3) is 0 Å². The first-order valence-corrected chi connectivity index (χ1v) is 12.0. The average molecular weight is 445 g/mol. The fourth-order valence-electron chi connectivity index (χ4n) is 3.72. The number of carbonyl (C=O) groups excluding carboxylic acids is 1. The summed E-state index contributed by atoms with van der Waals surface area (Å²) in [5, 5.41) is 2.99. The van der Waals surface area contributed by atoms with Crippen molar-refractivity contribution < 1.29 is 13.2 Å². The predicted molar refractivity (Wildman–Crippen MR) is 124 cm³/mol. The fraction of sp³-hybridized carbons (Fsp3) is 0.435. The molecule has 2 aromatic rings. The number of amides is 1. The maximum absolute atomic E-state index is 12.6. The Hall–Kier alpha value is -2.42. The maximum atomic E-state index is 12.6. The smallest absolute Gasteiger partial charge is 0.303 e. The van der Waals surface area contributed by atoms with Crippen molar-refractivity contribution in [2.75, 3.05) is 38.5 Å². The molecule has 3 rings (SSSR count). The largest absolute Gasteiger partial charge is 0.348 e. The van der Waals surface area contributed by atoms with Crippen molar-refractivity contribution in [2.24, 2.45) is 0 Å². The standard InChI is InChI=1S/C23H32N4O3S/c1-25(2)31(29,30)26(3)22-13-11-19(12-14-22)23(28)24-17-20-9-5-6-10-21(20)18-27-15-7-4-8-16-27/h5-6,9-14H,4,7-8,15-18H2,1-3H3,(H,24,28). The van der Waals surface area contributed by atoms with Gasteiger partial charge in [-0.1, -0.05) is 30.7 Å². The highest BCUT2D eigenvalue weighted by atomic mass is 32.2. The topological polar surface area (TPSA) is 73.0 Å². The normalized spacial score (nSPS) is 15.1. The fourth-order valence-corrected chi connectivity index (χ4v) is 4.60. The number of hydrogen-bond donors (Lipinski definition) is 1. The molecule has 1 aliphatic rings. The van der Waals surface area contributed by atoms with Gasteiger partial charge in [-0.2, -0.15) is 12.7 Å². The van der Waals surface area contributed by atoms with E-state index in [2.05, 4.69) is 22.3 Å². The molecule has 31 heavy (non-hydrogen) atoms. The second-order valence-corrected chi connectivity index (χ2v) is 10.3. The number of likely N-dealkylation sites (tertiary alicyclic amines) is 1. The number of nitrogens with one attached hydrogen (secondary N) is 1. The summed E-state index contributed by atoms with van der Waals surface area (Å²) in [6.07, 6.45) is 3.81. The van der Waals surface area contributed by atoms with E-state index < -0.39 is 10.2 Å². The first-order valence-electron chi connectivity index (χ1n) is 10.6. The summed E-state index contributed by atoms with van der Waals surface area (Å²) >= 11 is 0. The van der Waals surface area contributed by atoms with E-state index in [4.69, 9.17) is 0 Å². The Bertz CT molecular complexity index is 984. The van der Waals surface area contributed by atoms with E-state index in [9.17, 15) is 13.2 Å². The highest BCUT2D eigenvalue weighted by molar-refractivity contribution is 7.90. The molecule has 1 aliphatic heterocycles. The summed E-state index contributed by atoms with van der Waals surface area (Å²) < 4.78 is 26.8. The first kappa shape index (κ1) is 23.2. The number of hydrogen-bond acceptors (Lipinski definition) is 4. The lowest BCUT2D eigenvalue weighted by Crippen LogP contribution is -2.37. The number of nitrogens with zero attached hydrogens (tertiary/aromatic N) is 3. The van der Waals surface area contributed by atoms with E-state index in [1.807, 2.05) is 12.1 Å². The van der Waals surface area contributed by atoms with E-state index >= 15 is 0 Å². The van der Waals surface area contributed by atoms with Crippen LogP contribution in [0.5, 0.6) is 0 Å². The summed E-state index contributed by atoms with van der Waals surface area (Å²) in [6.45, 7) is 3.63. The molecule has 8 heteroatoms. The lowest BCUT2D eigenvalue weighted by atomic mass is 10.0. The van der Waals surface area contributed by atoms with Crippen LogP contribution in [-0.4, -0.2) is 57.8 Å². The van der Waals surface area contributed by atoms with Gasteiger partial charge in [-0.25, -0.2) is 0 Å². The van der Waals surface area contributed by atoms with Gasteiger partial charge in [0.25, 0.3) is 5.91 Å². The number of benzene rings is 2. The molecule has 0 bridgehead atoms. The van der Waals surface area contributed by atoms with Crippen LogP contribution in [-0.2, 0) is 23.3 Å². The Balaban J connectivity index is 1.62. The van der Waals surface area contributed by atoms with Crippen molar-refractivity contribution in [3.8, 4) is 0 Å². The molecule has 0 radical (unpaired) electrons. The van der Waals surface area contributed by atoms with Crippen LogP contribution < -0.4 is 9.62 Å². The van der Waals surface area contributed by atoms with E-state index in [0.717, 1.165) is 29.5 Å². The van der Waals surface area contributed by atoms with Crippen molar-refractivity contribution in [3.63, 3.8) is 0 Å². The van der Waals surface area contributed by atoms with Gasteiger partial charge >= 0.3 is 10.2 Å². The molecule has 7 nitrogen and oxygen atoms in total. The lowest BCUT2D eigenvalue weighted by molar-refractivity contribution is 0.0950. The minimum Gasteiger partial charge on any atom is -0.348 e. The highest BCUT2D eigenvalue weighted by Crippen LogP contribution is 2.19. The van der Waals surface area contributed by atoms with Crippen molar-refractivity contribution in [1.29, 1.82) is 0 Å². The van der Waals surface area contributed by atoms with Crippen LogP contribution in [0.1, 0.15) is 40.7 Å². The third-order valence-electron chi connectivity index (χ3n) is 5.70. The second-order valence-electron chi connectivity index (χ2n) is 8.09. The van der Waals surface area contributed by atoms with Crippen LogP contribution in [0.4, 0.5) is 5.69 Å². The summed E-state index contributed by atoms with van der Waals surface area (Å²) in [5.41, 5.74) is 3.36. The van der Waals surface area contributed by atoms with Crippen LogP contribution in [0.2, 0.25) is 0 Å². The number of rotatable bonds is 8. The molecule has 0 atom stereocenters. The second kappa shape index (κ2) is 10.3. The van der Waals surface area contributed by atoms with Gasteiger partial charge in [-0.15, -0.1) is 0 Å². The predicted octanol–water partition coefficient (Wildman–Crippen LogP) is 2.85. The molecule has 0 unspecified atom stereocenters. The molecule has 0 aromatic heterocycles. The molecule has 0 spiro atoms. The third kappa shape index (κ3) is 5.84. The molecule has 1 saturated heterocycles. The summed E-state index contributed by atoms with van der Waals surface area (Å²) in [7, 11) is 0.891. The molecule has 1 N–H and O–H groups in total. The molecule has 1 fully saturated rings. The molecule has 0 aliphatic carbocycles. The molecule has 2 aromatic carbocycles. The zero-order chi connectivity index (χ0) is 22.4. The van der Waals surface area contributed by atoms with Gasteiger partial charge in [0.05, 0.1) is 5.69 Å². The van der Waals surface area contributed by atoms with Gasteiger partial charge in [0.2, 0.25) is 0 Å². The average Bonchev–Trinajstić information content (AvgIpc) is 2.78. The Labute approximate surface area is 185 Å². The quantitative estimate of drug-likeness (QED) is 0.680. The van der Waals surface area contributed by atoms with Crippen LogP contribution >= 0.6 is 0 Å². The van der Waals surface area contributed by atoms with Crippen LogP contribution in [0.3, 0.4) is 0 Å². The van der Waals surface area contributed by atoms with E-state index in [-0.39, 0.29) is 5.91 Å². The van der Waals surface area contributed by atoms with Gasteiger partial charge in [-0.05, 0) is 61.3 Å². The van der Waals surface area contributed by atoms with Gasteiger partial charge < -0.3 is 5.32 Å². The third-order valence-corrected chi connectivity index (χ3v) is 7.53. The van der Waals surface area contributed by atoms with E-state index in [1.165, 1.54) is 50.3 Å². The van der Waals surface area contributed by atoms with Crippen molar-refractivity contribution >= 4 is 21.8 Å². The molecule has 168 valence electrons. The number of piperidine rings is 1. The zero-order valence-electron chi connectivity index (χ0n) is 18.5. The van der Waals surface area contributed by atoms with E-state index in [0.29, 0.717) is 17.8 Å². The SMILES string of the molecule is CN(C)S(=O)(=O)N(C)c1ccc(C(=O)NCc2ccccc2CN2CCCCC2)cc1. The zero-order valence-corrected chi connectivity index (χ0v) is 19.4. The minimum absolute atomic E-state index is 0.183. The Morgan fingerprint density at radius 1 is 0.935 bits per heavy atom. The van der Waals surface area contributed by atoms with Crippen LogP contribution in [0.15, 0.2) is 48.5 Å². The molecule has 0 saturated carbocycles. The monoisotopic (exact) mass is 444 g/mol. The number of carbonyl (C=O) groups is 1. The summed E-state index contributed by atoms with van der Waals surface area (Å²) in [5.74, 6) is -0.183. The summed E-state index contributed by atoms with van der Waals surface area (Å²) in [4.78, 5) is 15.1. The van der Waals surface area contributed by atoms with Gasteiger partial charge in [0.1, 0.15) is 0 Å². The lowest BCUT2D eigenvalue weighted by Gasteiger charge is -2.27. The van der Waals surface area contributed by atoms with Crippen molar-refractivity contribution in [3.05, 3.63) is 65.2 Å². The maximum Gasteiger partial charge on any atom is 0.303 e.